The molecule has 4 rings (SSSR count). The molecule has 1 aliphatic carbocycles. The predicted molar refractivity (Wildman–Crippen MR) is 105 cm³/mol. The predicted octanol–water partition coefficient (Wildman–Crippen LogP) is 2.77. The molecule has 6 nitrogen and oxygen atoms in total. The molecule has 28 heavy (non-hydrogen) atoms. The number of fused-ring (bicyclic) bond motifs is 1. The van der Waals surface area contributed by atoms with Crippen LogP contribution >= 0.6 is 0 Å². The van der Waals surface area contributed by atoms with E-state index < -0.39 is 0 Å². The second kappa shape index (κ2) is 7.86. The Labute approximate surface area is 165 Å². The Morgan fingerprint density at radius 3 is 2.46 bits per heavy atom. The van der Waals surface area contributed by atoms with Crippen LogP contribution in [0.25, 0.3) is 0 Å². The first kappa shape index (κ1) is 18.8. The van der Waals surface area contributed by atoms with Gasteiger partial charge in [0, 0.05) is 19.0 Å². The molecule has 1 saturated heterocycles. The molecule has 2 amide bonds. The van der Waals surface area contributed by atoms with Gasteiger partial charge in [-0.2, -0.15) is 0 Å². The van der Waals surface area contributed by atoms with Crippen LogP contribution in [0.1, 0.15) is 44.1 Å². The number of likely N-dealkylation sites (tertiary alicyclic amines) is 1. The number of carbonyl (C=O) groups excluding carboxylic acids is 2. The van der Waals surface area contributed by atoms with Crippen molar-refractivity contribution in [2.45, 2.75) is 44.1 Å². The zero-order chi connectivity index (χ0) is 19.6. The molecular formula is C22H28N2O4. The van der Waals surface area contributed by atoms with Crippen LogP contribution in [0.5, 0.6) is 11.5 Å². The molecule has 2 fully saturated rings. The fourth-order valence-corrected chi connectivity index (χ4v) is 4.63. The minimum Gasteiger partial charge on any atom is -0.486 e. The van der Waals surface area contributed by atoms with Gasteiger partial charge in [0.1, 0.15) is 13.2 Å². The Bertz CT molecular complexity index is 762. The highest BCUT2D eigenvalue weighted by Crippen LogP contribution is 2.42. The molecule has 1 N–H and O–H groups in total. The van der Waals surface area contributed by atoms with Gasteiger partial charge in [-0.1, -0.05) is 25.5 Å². The van der Waals surface area contributed by atoms with Crippen molar-refractivity contribution in [1.82, 2.24) is 10.2 Å². The van der Waals surface area contributed by atoms with E-state index in [0.29, 0.717) is 39.1 Å². The maximum Gasteiger partial charge on any atom is 0.245 e. The first-order valence-electron chi connectivity index (χ1n) is 10.2. The highest BCUT2D eigenvalue weighted by Gasteiger charge is 2.39. The van der Waals surface area contributed by atoms with Gasteiger partial charge in [-0.3, -0.25) is 9.59 Å². The average Bonchev–Trinajstić information content (AvgIpc) is 3.22. The van der Waals surface area contributed by atoms with Crippen molar-refractivity contribution in [2.24, 2.45) is 5.92 Å². The van der Waals surface area contributed by atoms with E-state index in [-0.39, 0.29) is 23.3 Å². The fourth-order valence-electron chi connectivity index (χ4n) is 4.63. The third-order valence-corrected chi connectivity index (χ3v) is 6.27. The van der Waals surface area contributed by atoms with Crippen molar-refractivity contribution in [1.29, 1.82) is 0 Å². The molecule has 0 atom stereocenters. The van der Waals surface area contributed by atoms with E-state index in [1.807, 2.05) is 12.1 Å². The van der Waals surface area contributed by atoms with E-state index in [2.05, 4.69) is 18.0 Å². The Hall–Kier alpha value is -2.50. The van der Waals surface area contributed by atoms with Crippen LogP contribution in [0, 0.1) is 5.92 Å². The van der Waals surface area contributed by atoms with Gasteiger partial charge in [0.2, 0.25) is 11.8 Å². The summed E-state index contributed by atoms with van der Waals surface area (Å²) in [6, 6.07) is 6.05. The van der Waals surface area contributed by atoms with Gasteiger partial charge in [-0.05, 0) is 49.5 Å². The minimum absolute atomic E-state index is 0.0523. The molecule has 6 heteroatoms. The molecule has 1 saturated carbocycles. The van der Waals surface area contributed by atoms with Crippen molar-refractivity contribution < 1.29 is 19.1 Å². The Morgan fingerprint density at radius 1 is 1.11 bits per heavy atom. The number of nitrogens with zero attached hydrogens (tertiary/aromatic N) is 1. The standard InChI is InChI=1S/C22H28N2O4/c1-2-20(25)24-11-7-16(8-12-24)21(26)23-22(9-3-4-10-22)17-5-6-18-19(15-17)28-14-13-27-18/h2,5-6,15-16H,1,3-4,7-14H2,(H,23,26). The number of carbonyl (C=O) groups is 2. The lowest BCUT2D eigenvalue weighted by Crippen LogP contribution is -2.49. The van der Waals surface area contributed by atoms with Crippen molar-refractivity contribution in [2.75, 3.05) is 26.3 Å². The summed E-state index contributed by atoms with van der Waals surface area (Å²) < 4.78 is 11.4. The van der Waals surface area contributed by atoms with E-state index in [9.17, 15) is 9.59 Å². The lowest BCUT2D eigenvalue weighted by molar-refractivity contribution is -0.133. The third-order valence-electron chi connectivity index (χ3n) is 6.27. The third kappa shape index (κ3) is 3.60. The summed E-state index contributed by atoms with van der Waals surface area (Å²) >= 11 is 0. The average molecular weight is 384 g/mol. The summed E-state index contributed by atoms with van der Waals surface area (Å²) in [5.41, 5.74) is 0.767. The van der Waals surface area contributed by atoms with Crippen LogP contribution in [0.2, 0.25) is 0 Å². The number of nitrogens with one attached hydrogen (secondary N) is 1. The summed E-state index contributed by atoms with van der Waals surface area (Å²) in [7, 11) is 0. The molecule has 150 valence electrons. The molecule has 1 aromatic carbocycles. The molecule has 2 aliphatic heterocycles. The van der Waals surface area contributed by atoms with E-state index in [1.54, 1.807) is 4.90 Å². The van der Waals surface area contributed by atoms with Gasteiger partial charge in [0.15, 0.2) is 11.5 Å². The Balaban J connectivity index is 1.47. The second-order valence-electron chi connectivity index (χ2n) is 7.94. The van der Waals surface area contributed by atoms with Gasteiger partial charge in [0.25, 0.3) is 0 Å². The lowest BCUT2D eigenvalue weighted by atomic mass is 9.86. The summed E-state index contributed by atoms with van der Waals surface area (Å²) in [6.07, 6.45) is 6.81. The largest absolute Gasteiger partial charge is 0.486 e. The second-order valence-corrected chi connectivity index (χ2v) is 7.94. The fraction of sp³-hybridized carbons (Fsp3) is 0.545. The number of hydrogen-bond donors (Lipinski definition) is 1. The van der Waals surface area contributed by atoms with E-state index in [1.165, 1.54) is 6.08 Å². The van der Waals surface area contributed by atoms with Crippen molar-refractivity contribution >= 4 is 11.8 Å². The Morgan fingerprint density at radius 2 is 1.79 bits per heavy atom. The van der Waals surface area contributed by atoms with Gasteiger partial charge >= 0.3 is 0 Å². The monoisotopic (exact) mass is 384 g/mol. The van der Waals surface area contributed by atoms with Crippen LogP contribution < -0.4 is 14.8 Å². The number of benzene rings is 1. The SMILES string of the molecule is C=CC(=O)N1CCC(C(=O)NC2(c3ccc4c(c3)OCCO4)CCCC2)CC1. The molecule has 0 unspecified atom stereocenters. The number of hydrogen-bond acceptors (Lipinski definition) is 4. The zero-order valence-corrected chi connectivity index (χ0v) is 16.2. The maximum atomic E-state index is 13.1. The van der Waals surface area contributed by atoms with Crippen LogP contribution in [0.15, 0.2) is 30.9 Å². The number of piperidine rings is 1. The molecule has 1 aromatic rings. The normalized spacial score (nSPS) is 21.2. The summed E-state index contributed by atoms with van der Waals surface area (Å²) in [5.74, 6) is 1.53. The first-order chi connectivity index (χ1) is 13.6. The van der Waals surface area contributed by atoms with E-state index >= 15 is 0 Å². The number of amides is 2. The highest BCUT2D eigenvalue weighted by molar-refractivity contribution is 5.87. The van der Waals surface area contributed by atoms with Crippen LogP contribution in [0.4, 0.5) is 0 Å². The van der Waals surface area contributed by atoms with Gasteiger partial charge in [-0.15, -0.1) is 0 Å². The van der Waals surface area contributed by atoms with Gasteiger partial charge in [0.05, 0.1) is 5.54 Å². The number of ether oxygens (including phenoxy) is 2. The van der Waals surface area contributed by atoms with Crippen molar-refractivity contribution in [3.05, 3.63) is 36.4 Å². The lowest BCUT2D eigenvalue weighted by Gasteiger charge is -2.36. The molecule has 3 aliphatic rings. The van der Waals surface area contributed by atoms with Crippen molar-refractivity contribution in [3.8, 4) is 11.5 Å². The van der Waals surface area contributed by atoms with Crippen LogP contribution in [-0.2, 0) is 15.1 Å². The topological polar surface area (TPSA) is 67.9 Å². The molecule has 0 radical (unpaired) electrons. The first-order valence-corrected chi connectivity index (χ1v) is 10.2. The number of rotatable bonds is 4. The summed E-state index contributed by atoms with van der Waals surface area (Å²) in [4.78, 5) is 26.6. The molecule has 0 bridgehead atoms. The minimum atomic E-state index is -0.332. The summed E-state index contributed by atoms with van der Waals surface area (Å²) in [6.45, 7) is 5.89. The molecule has 0 aromatic heterocycles. The quantitative estimate of drug-likeness (QED) is 0.811. The van der Waals surface area contributed by atoms with Gasteiger partial charge in [-0.25, -0.2) is 0 Å². The van der Waals surface area contributed by atoms with Crippen LogP contribution in [-0.4, -0.2) is 43.0 Å². The molecular weight excluding hydrogens is 356 g/mol. The van der Waals surface area contributed by atoms with Crippen molar-refractivity contribution in [3.63, 3.8) is 0 Å². The Kier molecular flexibility index (Phi) is 5.29. The zero-order valence-electron chi connectivity index (χ0n) is 16.2. The smallest absolute Gasteiger partial charge is 0.245 e. The van der Waals surface area contributed by atoms with E-state index in [0.717, 1.165) is 42.7 Å². The summed E-state index contributed by atoms with van der Waals surface area (Å²) in [5, 5.41) is 3.38. The maximum absolute atomic E-state index is 13.1. The molecule has 2 heterocycles. The molecule has 0 spiro atoms. The highest BCUT2D eigenvalue weighted by atomic mass is 16.6. The van der Waals surface area contributed by atoms with Gasteiger partial charge < -0.3 is 19.7 Å². The van der Waals surface area contributed by atoms with E-state index in [4.69, 9.17) is 9.47 Å². The van der Waals surface area contributed by atoms with Crippen LogP contribution in [0.3, 0.4) is 0 Å².